The van der Waals surface area contributed by atoms with Crippen LogP contribution in [0.3, 0.4) is 0 Å². The molecule has 0 N–H and O–H groups in total. The van der Waals surface area contributed by atoms with Gasteiger partial charge in [-0.3, -0.25) is 14.9 Å². The van der Waals surface area contributed by atoms with Crippen LogP contribution >= 0.6 is 11.8 Å². The number of ketones is 1. The van der Waals surface area contributed by atoms with Crippen molar-refractivity contribution in [3.8, 4) is 6.07 Å². The van der Waals surface area contributed by atoms with E-state index in [1.54, 1.807) is 66.5 Å². The highest BCUT2D eigenvalue weighted by molar-refractivity contribution is 7.99. The van der Waals surface area contributed by atoms with Crippen LogP contribution in [0.4, 0.5) is 5.69 Å². The Kier molecular flexibility index (Phi) is 5.67. The van der Waals surface area contributed by atoms with Crippen LogP contribution in [0.15, 0.2) is 76.5 Å². The molecule has 0 saturated heterocycles. The fraction of sp³-hybridized carbons (Fsp3) is 0.0500. The van der Waals surface area contributed by atoms with Gasteiger partial charge in [0.05, 0.1) is 9.82 Å². The minimum absolute atomic E-state index is 0.0926. The quantitative estimate of drug-likeness (QED) is 0.205. The van der Waals surface area contributed by atoms with Gasteiger partial charge in [0.25, 0.3) is 5.69 Å². The van der Waals surface area contributed by atoms with E-state index in [4.69, 9.17) is 0 Å². The lowest BCUT2D eigenvalue weighted by molar-refractivity contribution is -0.387. The van der Waals surface area contributed by atoms with Crippen LogP contribution in [0.5, 0.6) is 0 Å². The molecular weight excluding hydrogens is 376 g/mol. The van der Waals surface area contributed by atoms with Crippen molar-refractivity contribution < 1.29 is 9.72 Å². The zero-order chi connectivity index (χ0) is 20.1. The number of Topliss-reactive ketones (excluding diaryl/α,β-unsaturated/α-hetero) is 1. The molecule has 1 aromatic heterocycles. The van der Waals surface area contributed by atoms with E-state index in [-0.39, 0.29) is 11.3 Å². The van der Waals surface area contributed by atoms with E-state index >= 15 is 0 Å². The lowest BCUT2D eigenvalue weighted by Crippen LogP contribution is -2.01. The number of hydrogen-bond donors (Lipinski definition) is 0. The van der Waals surface area contributed by atoms with Gasteiger partial charge in [-0.1, -0.05) is 36.4 Å². The molecule has 2 aromatic carbocycles. The van der Waals surface area contributed by atoms with Gasteiger partial charge >= 0.3 is 0 Å². The number of carbonyl (C=O) groups excluding carboxylic acids is 1. The molecule has 8 heteroatoms. The van der Waals surface area contributed by atoms with Crippen molar-refractivity contribution >= 4 is 29.3 Å². The Morgan fingerprint density at radius 1 is 1.29 bits per heavy atom. The Bertz CT molecular complexity index is 1110. The number of aryl methyl sites for hydroxylation is 1. The summed E-state index contributed by atoms with van der Waals surface area (Å²) in [6.45, 7) is 0. The van der Waals surface area contributed by atoms with Crippen molar-refractivity contribution in [2.75, 3.05) is 0 Å². The van der Waals surface area contributed by atoms with Crippen molar-refractivity contribution in [3.63, 3.8) is 0 Å². The van der Waals surface area contributed by atoms with E-state index in [9.17, 15) is 20.2 Å². The summed E-state index contributed by atoms with van der Waals surface area (Å²) >= 11 is 1.17. The van der Waals surface area contributed by atoms with Crippen molar-refractivity contribution in [1.82, 2.24) is 9.55 Å². The molecule has 0 atom stereocenters. The summed E-state index contributed by atoms with van der Waals surface area (Å²) in [7, 11) is 1.80. The number of allylic oxidation sites excluding steroid dienone is 1. The number of aromatic nitrogens is 2. The predicted octanol–water partition coefficient (Wildman–Crippen LogP) is 4.27. The number of nitro benzene ring substituents is 1. The van der Waals surface area contributed by atoms with Gasteiger partial charge in [-0.25, -0.2) is 4.98 Å². The molecule has 28 heavy (non-hydrogen) atoms. The number of hydrogen-bond acceptors (Lipinski definition) is 6. The second-order valence-electron chi connectivity index (χ2n) is 5.77. The van der Waals surface area contributed by atoms with E-state index in [1.807, 2.05) is 6.07 Å². The first kappa shape index (κ1) is 19.1. The predicted molar refractivity (Wildman–Crippen MR) is 105 cm³/mol. The van der Waals surface area contributed by atoms with E-state index in [0.717, 1.165) is 0 Å². The van der Waals surface area contributed by atoms with Gasteiger partial charge < -0.3 is 4.57 Å². The summed E-state index contributed by atoms with van der Waals surface area (Å²) in [6, 6.07) is 14.9. The molecule has 3 rings (SSSR count). The largest absolute Gasteiger partial charge is 0.329 e. The van der Waals surface area contributed by atoms with Crippen LogP contribution in [0, 0.1) is 21.4 Å². The zero-order valence-electron chi connectivity index (χ0n) is 14.8. The summed E-state index contributed by atoms with van der Waals surface area (Å²) < 4.78 is 1.76. The Morgan fingerprint density at radius 2 is 2.04 bits per heavy atom. The van der Waals surface area contributed by atoms with Crippen LogP contribution in [-0.2, 0) is 7.05 Å². The first-order valence-electron chi connectivity index (χ1n) is 8.14. The molecule has 7 nitrogen and oxygen atoms in total. The van der Waals surface area contributed by atoms with Gasteiger partial charge in [0.15, 0.2) is 5.16 Å². The third-order valence-electron chi connectivity index (χ3n) is 3.87. The first-order chi connectivity index (χ1) is 13.5. The van der Waals surface area contributed by atoms with Crippen molar-refractivity contribution in [2.24, 2.45) is 7.05 Å². The molecule has 0 saturated carbocycles. The highest BCUT2D eigenvalue weighted by atomic mass is 32.2. The maximum atomic E-state index is 12.5. The fourth-order valence-electron chi connectivity index (χ4n) is 2.46. The molecule has 0 amide bonds. The zero-order valence-corrected chi connectivity index (χ0v) is 15.6. The first-order valence-corrected chi connectivity index (χ1v) is 8.96. The lowest BCUT2D eigenvalue weighted by atomic mass is 10.0. The average Bonchev–Trinajstić information content (AvgIpc) is 3.11. The molecule has 3 aromatic rings. The summed E-state index contributed by atoms with van der Waals surface area (Å²) in [5.74, 6) is -0.433. The van der Waals surface area contributed by atoms with E-state index in [1.165, 1.54) is 23.9 Å². The third-order valence-corrected chi connectivity index (χ3v) is 5.01. The summed E-state index contributed by atoms with van der Waals surface area (Å²) in [5.41, 5.74) is 0.569. The Balaban J connectivity index is 1.96. The van der Waals surface area contributed by atoms with Crippen LogP contribution < -0.4 is 0 Å². The van der Waals surface area contributed by atoms with Crippen molar-refractivity contribution in [1.29, 1.82) is 5.26 Å². The Hall–Kier alpha value is -3.70. The SMILES string of the molecule is Cn1ccnc1Sc1ccc(C=C(C#N)C(=O)c2ccccc2)cc1[N+](=O)[O-]. The molecule has 0 bridgehead atoms. The van der Waals surface area contributed by atoms with Crippen LogP contribution in [0.2, 0.25) is 0 Å². The number of imidazole rings is 1. The van der Waals surface area contributed by atoms with Gasteiger partial charge in [-0.05, 0) is 29.5 Å². The number of nitro groups is 1. The van der Waals surface area contributed by atoms with Crippen LogP contribution in [-0.4, -0.2) is 20.3 Å². The third kappa shape index (κ3) is 4.16. The van der Waals surface area contributed by atoms with Crippen LogP contribution in [0.1, 0.15) is 15.9 Å². The maximum absolute atomic E-state index is 12.5. The topological polar surface area (TPSA) is 102 Å². The highest BCUT2D eigenvalue weighted by Crippen LogP contribution is 2.34. The Morgan fingerprint density at radius 3 is 2.64 bits per heavy atom. The molecule has 0 fully saturated rings. The average molecular weight is 390 g/mol. The minimum atomic E-state index is -0.492. The molecular formula is C20H14N4O3S. The van der Waals surface area contributed by atoms with Crippen molar-refractivity contribution in [3.05, 3.63) is 87.7 Å². The summed E-state index contributed by atoms with van der Waals surface area (Å²) in [6.07, 6.45) is 4.72. The maximum Gasteiger partial charge on any atom is 0.283 e. The normalized spacial score (nSPS) is 11.1. The highest BCUT2D eigenvalue weighted by Gasteiger charge is 2.18. The van der Waals surface area contributed by atoms with Crippen LogP contribution in [0.25, 0.3) is 6.08 Å². The summed E-state index contributed by atoms with van der Waals surface area (Å²) in [5, 5.41) is 21.5. The molecule has 0 radical (unpaired) electrons. The van der Waals surface area contributed by atoms with Gasteiger partial charge in [0, 0.05) is 31.1 Å². The van der Waals surface area contributed by atoms with Gasteiger partial charge in [-0.15, -0.1) is 0 Å². The minimum Gasteiger partial charge on any atom is -0.329 e. The second kappa shape index (κ2) is 8.33. The molecule has 0 aliphatic carbocycles. The van der Waals surface area contributed by atoms with E-state index in [0.29, 0.717) is 21.2 Å². The molecule has 0 aliphatic rings. The molecule has 0 spiro atoms. The smallest absolute Gasteiger partial charge is 0.283 e. The standard InChI is InChI=1S/C20H14N4O3S/c1-23-10-9-22-20(23)28-18-8-7-14(12-17(18)24(26)27)11-16(13-21)19(25)15-5-3-2-4-6-15/h2-12H,1H3. The van der Waals surface area contributed by atoms with Crippen molar-refractivity contribution in [2.45, 2.75) is 10.1 Å². The number of nitrogens with zero attached hydrogens (tertiary/aromatic N) is 4. The fourth-order valence-corrected chi connectivity index (χ4v) is 3.35. The molecule has 0 aliphatic heterocycles. The number of rotatable bonds is 6. The summed E-state index contributed by atoms with van der Waals surface area (Å²) in [4.78, 5) is 28.1. The van der Waals surface area contributed by atoms with Gasteiger partial charge in [0.1, 0.15) is 11.6 Å². The van der Waals surface area contributed by atoms with E-state index < -0.39 is 10.7 Å². The van der Waals surface area contributed by atoms with Gasteiger partial charge in [-0.2, -0.15) is 5.26 Å². The Labute approximate surface area is 165 Å². The number of nitriles is 1. The molecule has 138 valence electrons. The molecule has 0 unspecified atom stereocenters. The number of benzene rings is 2. The molecule has 1 heterocycles. The van der Waals surface area contributed by atoms with Gasteiger partial charge in [0.2, 0.25) is 5.78 Å². The lowest BCUT2D eigenvalue weighted by Gasteiger charge is -2.05. The van der Waals surface area contributed by atoms with E-state index in [2.05, 4.69) is 4.98 Å². The number of carbonyl (C=O) groups is 1. The second-order valence-corrected chi connectivity index (χ2v) is 6.78. The monoisotopic (exact) mass is 390 g/mol.